The van der Waals surface area contributed by atoms with E-state index in [2.05, 4.69) is 53.9 Å². The minimum absolute atomic E-state index is 0. The molecule has 1 atom stereocenters. The number of hydrogen-bond acceptors (Lipinski definition) is 3. The van der Waals surface area contributed by atoms with E-state index in [9.17, 15) is 0 Å². The molecule has 0 aromatic carbocycles. The summed E-state index contributed by atoms with van der Waals surface area (Å²) in [7, 11) is 1.79. The molecule has 122 valence electrons. The van der Waals surface area contributed by atoms with Crippen LogP contribution in [0, 0.1) is 5.92 Å². The largest absolute Gasteiger partial charge is 0.379 e. The van der Waals surface area contributed by atoms with Crippen LogP contribution in [0.5, 0.6) is 0 Å². The van der Waals surface area contributed by atoms with Crippen LogP contribution in [0.1, 0.15) is 31.6 Å². The summed E-state index contributed by atoms with van der Waals surface area (Å²) in [6.07, 6.45) is 0. The first-order valence-corrected chi connectivity index (χ1v) is 8.07. The summed E-state index contributed by atoms with van der Waals surface area (Å²) in [5, 5.41) is 8.72. The molecule has 21 heavy (non-hydrogen) atoms. The highest BCUT2D eigenvalue weighted by molar-refractivity contribution is 14.0. The summed E-state index contributed by atoms with van der Waals surface area (Å²) in [4.78, 5) is 5.61. The topological polar surface area (TPSA) is 45.7 Å². The van der Waals surface area contributed by atoms with Crippen molar-refractivity contribution in [3.05, 3.63) is 22.4 Å². The Morgan fingerprint density at radius 2 is 2.10 bits per heavy atom. The van der Waals surface area contributed by atoms with E-state index in [4.69, 9.17) is 4.74 Å². The van der Waals surface area contributed by atoms with Gasteiger partial charge in [-0.3, -0.25) is 4.99 Å². The third kappa shape index (κ3) is 9.31. The average molecular weight is 425 g/mol. The zero-order chi connectivity index (χ0) is 14.8. The van der Waals surface area contributed by atoms with Gasteiger partial charge in [0.15, 0.2) is 5.96 Å². The Labute approximate surface area is 149 Å². The van der Waals surface area contributed by atoms with Gasteiger partial charge in [0.05, 0.1) is 6.61 Å². The van der Waals surface area contributed by atoms with Crippen LogP contribution in [0.3, 0.4) is 0 Å². The second kappa shape index (κ2) is 12.2. The summed E-state index contributed by atoms with van der Waals surface area (Å²) >= 11 is 1.80. The summed E-state index contributed by atoms with van der Waals surface area (Å²) in [5.74, 6) is 1.91. The number of guanidine groups is 1. The van der Waals surface area contributed by atoms with Gasteiger partial charge in [-0.1, -0.05) is 26.8 Å². The molecule has 1 aromatic heterocycles. The Morgan fingerprint density at radius 1 is 1.33 bits per heavy atom. The third-order valence-corrected chi connectivity index (χ3v) is 3.92. The van der Waals surface area contributed by atoms with Gasteiger partial charge in [-0.05, 0) is 17.4 Å². The van der Waals surface area contributed by atoms with Gasteiger partial charge in [0.25, 0.3) is 0 Å². The minimum Gasteiger partial charge on any atom is -0.379 e. The smallest absolute Gasteiger partial charge is 0.191 e. The number of halogens is 1. The van der Waals surface area contributed by atoms with Gasteiger partial charge in [0, 0.05) is 37.5 Å². The van der Waals surface area contributed by atoms with Crippen molar-refractivity contribution in [2.75, 3.05) is 33.4 Å². The van der Waals surface area contributed by atoms with Gasteiger partial charge in [-0.15, -0.1) is 35.3 Å². The molecule has 0 radical (unpaired) electrons. The molecule has 0 saturated carbocycles. The van der Waals surface area contributed by atoms with Crippen LogP contribution in [0.4, 0.5) is 0 Å². The van der Waals surface area contributed by atoms with Gasteiger partial charge in [-0.2, -0.15) is 0 Å². The summed E-state index contributed by atoms with van der Waals surface area (Å²) in [6.45, 7) is 9.70. The highest BCUT2D eigenvalue weighted by Crippen LogP contribution is 2.19. The highest BCUT2D eigenvalue weighted by atomic mass is 127. The summed E-state index contributed by atoms with van der Waals surface area (Å²) in [5.41, 5.74) is 0. The summed E-state index contributed by atoms with van der Waals surface area (Å²) in [6, 6.07) is 4.27. The van der Waals surface area contributed by atoms with Gasteiger partial charge in [0.1, 0.15) is 0 Å². The normalized spacial score (nSPS) is 12.9. The van der Waals surface area contributed by atoms with Crippen molar-refractivity contribution < 1.29 is 4.74 Å². The molecule has 0 fully saturated rings. The lowest BCUT2D eigenvalue weighted by Crippen LogP contribution is -2.40. The van der Waals surface area contributed by atoms with Crippen LogP contribution in [-0.2, 0) is 4.74 Å². The number of ether oxygens (including phenoxy) is 1. The van der Waals surface area contributed by atoms with Crippen molar-refractivity contribution in [2.24, 2.45) is 10.9 Å². The fourth-order valence-corrected chi connectivity index (χ4v) is 2.49. The molecule has 0 bridgehead atoms. The molecule has 0 amide bonds. The van der Waals surface area contributed by atoms with Crippen molar-refractivity contribution in [3.63, 3.8) is 0 Å². The van der Waals surface area contributed by atoms with Crippen molar-refractivity contribution in [3.8, 4) is 0 Å². The van der Waals surface area contributed by atoms with Gasteiger partial charge >= 0.3 is 0 Å². The zero-order valence-electron chi connectivity index (χ0n) is 13.4. The van der Waals surface area contributed by atoms with E-state index in [1.807, 2.05) is 0 Å². The van der Waals surface area contributed by atoms with E-state index in [1.165, 1.54) is 4.88 Å². The molecule has 2 N–H and O–H groups in total. The van der Waals surface area contributed by atoms with Crippen LogP contribution < -0.4 is 10.6 Å². The van der Waals surface area contributed by atoms with Crippen LogP contribution in [0.15, 0.2) is 22.5 Å². The Morgan fingerprint density at radius 3 is 2.67 bits per heavy atom. The number of aliphatic imine (C=N–C) groups is 1. The number of hydrogen-bond donors (Lipinski definition) is 2. The molecular weight excluding hydrogens is 397 g/mol. The SMILES string of the molecule is CN=C(NCCOCC(C)C)NCC(C)c1cccs1.I. The molecular formula is C15H28IN3OS. The summed E-state index contributed by atoms with van der Waals surface area (Å²) < 4.78 is 5.53. The van der Waals surface area contributed by atoms with E-state index >= 15 is 0 Å². The Kier molecular flexibility index (Phi) is 12.0. The van der Waals surface area contributed by atoms with Crippen molar-refractivity contribution in [1.82, 2.24) is 10.6 Å². The van der Waals surface area contributed by atoms with Crippen molar-refractivity contribution in [2.45, 2.75) is 26.7 Å². The Bertz CT molecular complexity index is 382. The van der Waals surface area contributed by atoms with Crippen LogP contribution in [-0.4, -0.2) is 39.3 Å². The van der Waals surface area contributed by atoms with Gasteiger partial charge in [-0.25, -0.2) is 0 Å². The quantitative estimate of drug-likeness (QED) is 0.291. The zero-order valence-corrected chi connectivity index (χ0v) is 16.5. The maximum Gasteiger partial charge on any atom is 0.191 e. The molecule has 1 aromatic rings. The number of nitrogens with zero attached hydrogens (tertiary/aromatic N) is 1. The molecule has 4 nitrogen and oxygen atoms in total. The molecule has 0 saturated heterocycles. The highest BCUT2D eigenvalue weighted by Gasteiger charge is 2.07. The van der Waals surface area contributed by atoms with E-state index in [1.54, 1.807) is 18.4 Å². The van der Waals surface area contributed by atoms with Crippen LogP contribution >= 0.6 is 35.3 Å². The van der Waals surface area contributed by atoms with E-state index in [0.717, 1.165) is 25.7 Å². The van der Waals surface area contributed by atoms with Crippen molar-refractivity contribution >= 4 is 41.3 Å². The minimum atomic E-state index is 0. The van der Waals surface area contributed by atoms with E-state index in [-0.39, 0.29) is 24.0 Å². The number of thiophene rings is 1. The Hall–Kier alpha value is -0.340. The lowest BCUT2D eigenvalue weighted by Gasteiger charge is -2.15. The van der Waals surface area contributed by atoms with Crippen molar-refractivity contribution in [1.29, 1.82) is 0 Å². The third-order valence-electron chi connectivity index (χ3n) is 2.82. The molecule has 1 unspecified atom stereocenters. The monoisotopic (exact) mass is 425 g/mol. The lowest BCUT2D eigenvalue weighted by atomic mass is 10.1. The fourth-order valence-electron chi connectivity index (χ4n) is 1.70. The fraction of sp³-hybridized carbons (Fsp3) is 0.667. The van der Waals surface area contributed by atoms with Crippen LogP contribution in [0.2, 0.25) is 0 Å². The standard InChI is InChI=1S/C15H27N3OS.HI/c1-12(2)11-19-8-7-17-15(16-4)18-10-13(3)14-6-5-9-20-14;/h5-6,9,12-13H,7-8,10-11H2,1-4H3,(H2,16,17,18);1H. The first-order chi connectivity index (χ1) is 9.63. The molecule has 1 rings (SSSR count). The van der Waals surface area contributed by atoms with E-state index < -0.39 is 0 Å². The second-order valence-corrected chi connectivity index (χ2v) is 6.24. The molecule has 0 aliphatic rings. The number of rotatable bonds is 8. The lowest BCUT2D eigenvalue weighted by molar-refractivity contribution is 0.114. The predicted molar refractivity (Wildman–Crippen MR) is 103 cm³/mol. The molecule has 0 aliphatic carbocycles. The van der Waals surface area contributed by atoms with E-state index in [0.29, 0.717) is 18.4 Å². The molecule has 0 spiro atoms. The molecule has 1 heterocycles. The average Bonchev–Trinajstić information content (AvgIpc) is 2.95. The Balaban J connectivity index is 0.00000400. The maximum atomic E-state index is 5.53. The molecule has 0 aliphatic heterocycles. The first kappa shape index (κ1) is 20.7. The number of nitrogens with one attached hydrogen (secondary N) is 2. The van der Waals surface area contributed by atoms with Gasteiger partial charge in [0.2, 0.25) is 0 Å². The molecule has 6 heteroatoms. The van der Waals surface area contributed by atoms with Gasteiger partial charge < -0.3 is 15.4 Å². The predicted octanol–water partition coefficient (Wildman–Crippen LogP) is 3.31. The second-order valence-electron chi connectivity index (χ2n) is 5.27. The first-order valence-electron chi connectivity index (χ1n) is 7.19. The van der Waals surface area contributed by atoms with Crippen LogP contribution in [0.25, 0.3) is 0 Å². The maximum absolute atomic E-state index is 5.53.